The van der Waals surface area contributed by atoms with Crippen LogP contribution in [-0.4, -0.2) is 27.1 Å². The number of anilines is 1. The van der Waals surface area contributed by atoms with E-state index in [1.165, 1.54) is 16.7 Å². The van der Waals surface area contributed by atoms with Crippen molar-refractivity contribution >= 4 is 34.0 Å². The quantitative estimate of drug-likeness (QED) is 0.352. The number of esters is 1. The minimum atomic E-state index is -4.47. The maximum atomic E-state index is 13.0. The number of fused-ring (bicyclic) bond motifs is 2. The molecular formula is C22H19F3N4O2. The summed E-state index contributed by atoms with van der Waals surface area (Å²) in [5.74, 6) is -0.641. The van der Waals surface area contributed by atoms with Crippen LogP contribution in [0, 0.1) is 0 Å². The summed E-state index contributed by atoms with van der Waals surface area (Å²) in [6.07, 6.45) is -2.93. The number of benzene rings is 2. The molecule has 9 heteroatoms. The summed E-state index contributed by atoms with van der Waals surface area (Å²) in [6.45, 7) is 2.19. The Bertz CT molecular complexity index is 1260. The number of nitrogens with two attached hydrogens (primary N) is 1. The summed E-state index contributed by atoms with van der Waals surface area (Å²) in [5.41, 5.74) is 7.50. The van der Waals surface area contributed by atoms with Gasteiger partial charge in [0.15, 0.2) is 5.65 Å². The van der Waals surface area contributed by atoms with Gasteiger partial charge >= 0.3 is 12.1 Å². The van der Waals surface area contributed by atoms with Gasteiger partial charge in [0.25, 0.3) is 0 Å². The molecule has 2 aromatic heterocycles. The van der Waals surface area contributed by atoms with Crippen LogP contribution in [0.1, 0.15) is 35.7 Å². The second-order valence-corrected chi connectivity index (χ2v) is 7.01. The number of carbonyl (C=O) groups is 1. The van der Waals surface area contributed by atoms with E-state index in [1.807, 2.05) is 6.92 Å². The lowest BCUT2D eigenvalue weighted by Gasteiger charge is -2.10. The van der Waals surface area contributed by atoms with E-state index in [2.05, 4.69) is 9.97 Å². The van der Waals surface area contributed by atoms with Crippen LogP contribution in [0.2, 0.25) is 0 Å². The van der Waals surface area contributed by atoms with Gasteiger partial charge in [-0.25, -0.2) is 14.8 Å². The number of aromatic nitrogens is 3. The monoisotopic (exact) mass is 428 g/mol. The zero-order valence-electron chi connectivity index (χ0n) is 16.6. The third kappa shape index (κ3) is 3.78. The van der Waals surface area contributed by atoms with Crippen molar-refractivity contribution in [1.29, 1.82) is 0 Å². The number of hydrogen-bond acceptors (Lipinski definition) is 5. The van der Waals surface area contributed by atoms with Crippen LogP contribution >= 0.6 is 0 Å². The SMILES string of the molecule is CCCCOC(=O)c1c(N)n(-c2ccc(C(F)(F)F)cc2)c2nc3ccccc3nc12. The van der Waals surface area contributed by atoms with Crippen molar-refractivity contribution in [2.75, 3.05) is 12.3 Å². The fourth-order valence-electron chi connectivity index (χ4n) is 3.31. The van der Waals surface area contributed by atoms with Crippen LogP contribution in [0.15, 0.2) is 48.5 Å². The van der Waals surface area contributed by atoms with Gasteiger partial charge in [0, 0.05) is 5.69 Å². The predicted molar refractivity (Wildman–Crippen MR) is 111 cm³/mol. The smallest absolute Gasteiger partial charge is 0.416 e. The molecule has 0 unspecified atom stereocenters. The average molecular weight is 428 g/mol. The second-order valence-electron chi connectivity index (χ2n) is 7.01. The maximum Gasteiger partial charge on any atom is 0.416 e. The van der Waals surface area contributed by atoms with Gasteiger partial charge in [0.05, 0.1) is 23.2 Å². The molecule has 2 heterocycles. The molecule has 0 radical (unpaired) electrons. The van der Waals surface area contributed by atoms with E-state index in [4.69, 9.17) is 10.5 Å². The molecule has 160 valence electrons. The van der Waals surface area contributed by atoms with Gasteiger partial charge in [0.2, 0.25) is 0 Å². The van der Waals surface area contributed by atoms with Crippen LogP contribution < -0.4 is 5.73 Å². The van der Waals surface area contributed by atoms with Crippen molar-refractivity contribution in [1.82, 2.24) is 14.5 Å². The molecule has 0 bridgehead atoms. The number of halogens is 3. The van der Waals surface area contributed by atoms with Gasteiger partial charge in [-0.15, -0.1) is 0 Å². The minimum absolute atomic E-state index is 0.00608. The fraction of sp³-hybridized carbons (Fsp3) is 0.227. The van der Waals surface area contributed by atoms with E-state index in [0.717, 1.165) is 18.6 Å². The number of nitrogen functional groups attached to an aromatic ring is 1. The molecule has 0 fully saturated rings. The summed E-state index contributed by atoms with van der Waals surface area (Å²) in [6, 6.07) is 11.5. The van der Waals surface area contributed by atoms with E-state index in [0.29, 0.717) is 23.1 Å². The second kappa shape index (κ2) is 7.90. The number of unbranched alkanes of at least 4 members (excludes halogenated alkanes) is 1. The Morgan fingerprint density at radius 2 is 1.71 bits per heavy atom. The minimum Gasteiger partial charge on any atom is -0.462 e. The largest absolute Gasteiger partial charge is 0.462 e. The van der Waals surface area contributed by atoms with Crippen molar-refractivity contribution in [2.24, 2.45) is 0 Å². The summed E-state index contributed by atoms with van der Waals surface area (Å²) in [5, 5.41) is 0. The first-order valence-corrected chi connectivity index (χ1v) is 9.72. The molecule has 4 rings (SSSR count). The molecule has 0 atom stereocenters. The first-order chi connectivity index (χ1) is 14.8. The number of hydrogen-bond donors (Lipinski definition) is 1. The lowest BCUT2D eigenvalue weighted by molar-refractivity contribution is -0.137. The van der Waals surface area contributed by atoms with E-state index >= 15 is 0 Å². The van der Waals surface area contributed by atoms with E-state index < -0.39 is 17.7 Å². The highest BCUT2D eigenvalue weighted by molar-refractivity contribution is 6.09. The first kappa shape index (κ1) is 20.6. The van der Waals surface area contributed by atoms with Gasteiger partial charge in [-0.05, 0) is 42.8 Å². The van der Waals surface area contributed by atoms with Gasteiger partial charge in [-0.2, -0.15) is 13.2 Å². The number of carbonyl (C=O) groups excluding carboxylic acids is 1. The predicted octanol–water partition coefficient (Wildman–Crippen LogP) is 5.13. The standard InChI is InChI=1S/C22H19F3N4O2/c1-2-3-12-31-21(30)17-18-20(28-16-7-5-4-6-15(16)27-18)29(19(17)26)14-10-8-13(9-11-14)22(23,24)25/h4-11H,2-3,12,26H2,1H3. The van der Waals surface area contributed by atoms with Crippen molar-refractivity contribution in [3.05, 3.63) is 59.7 Å². The number of alkyl halides is 3. The number of ether oxygens (including phenoxy) is 1. The zero-order valence-corrected chi connectivity index (χ0v) is 16.6. The van der Waals surface area contributed by atoms with Crippen LogP contribution in [-0.2, 0) is 10.9 Å². The highest BCUT2D eigenvalue weighted by atomic mass is 19.4. The molecule has 0 aliphatic carbocycles. The van der Waals surface area contributed by atoms with Crippen molar-refractivity contribution in [2.45, 2.75) is 25.9 Å². The highest BCUT2D eigenvalue weighted by Gasteiger charge is 2.31. The average Bonchev–Trinajstić information content (AvgIpc) is 3.02. The molecule has 0 saturated heterocycles. The van der Waals surface area contributed by atoms with Crippen LogP contribution in [0.3, 0.4) is 0 Å². The Balaban J connectivity index is 1.93. The Morgan fingerprint density at radius 3 is 2.32 bits per heavy atom. The van der Waals surface area contributed by atoms with Crippen LogP contribution in [0.5, 0.6) is 0 Å². The molecule has 0 aliphatic rings. The topological polar surface area (TPSA) is 83.0 Å². The summed E-state index contributed by atoms with van der Waals surface area (Å²) < 4.78 is 45.7. The fourth-order valence-corrected chi connectivity index (χ4v) is 3.31. The first-order valence-electron chi connectivity index (χ1n) is 9.72. The van der Waals surface area contributed by atoms with Gasteiger partial charge in [-0.3, -0.25) is 4.57 Å². The van der Waals surface area contributed by atoms with Crippen molar-refractivity contribution in [3.63, 3.8) is 0 Å². The van der Waals surface area contributed by atoms with E-state index in [-0.39, 0.29) is 29.2 Å². The normalized spacial score (nSPS) is 11.9. The molecule has 31 heavy (non-hydrogen) atoms. The number of nitrogens with zero attached hydrogens (tertiary/aromatic N) is 3. The summed E-state index contributed by atoms with van der Waals surface area (Å²) in [7, 11) is 0. The van der Waals surface area contributed by atoms with Gasteiger partial charge in [-0.1, -0.05) is 25.5 Å². The van der Waals surface area contributed by atoms with Gasteiger partial charge in [0.1, 0.15) is 16.9 Å². The molecule has 6 nitrogen and oxygen atoms in total. The Morgan fingerprint density at radius 1 is 1.06 bits per heavy atom. The third-order valence-corrected chi connectivity index (χ3v) is 4.89. The molecule has 0 saturated carbocycles. The number of para-hydroxylation sites is 2. The molecule has 0 aliphatic heterocycles. The summed E-state index contributed by atoms with van der Waals surface area (Å²) >= 11 is 0. The van der Waals surface area contributed by atoms with Crippen molar-refractivity contribution in [3.8, 4) is 5.69 Å². The van der Waals surface area contributed by atoms with Gasteiger partial charge < -0.3 is 10.5 Å². The molecule has 0 amide bonds. The molecule has 4 aromatic rings. The maximum absolute atomic E-state index is 13.0. The van der Waals surface area contributed by atoms with E-state index in [9.17, 15) is 18.0 Å². The highest BCUT2D eigenvalue weighted by Crippen LogP contribution is 2.34. The zero-order chi connectivity index (χ0) is 22.2. The van der Waals surface area contributed by atoms with Crippen molar-refractivity contribution < 1.29 is 22.7 Å². The Kier molecular flexibility index (Phi) is 5.26. The van der Waals surface area contributed by atoms with Crippen LogP contribution in [0.25, 0.3) is 27.9 Å². The number of rotatable bonds is 5. The lowest BCUT2D eigenvalue weighted by Crippen LogP contribution is -2.10. The molecule has 2 aromatic carbocycles. The van der Waals surface area contributed by atoms with Crippen LogP contribution in [0.4, 0.5) is 19.0 Å². The molecule has 2 N–H and O–H groups in total. The Labute approximate surface area is 175 Å². The molecule has 0 spiro atoms. The third-order valence-electron chi connectivity index (χ3n) is 4.89. The summed E-state index contributed by atoms with van der Waals surface area (Å²) in [4.78, 5) is 21.9. The molecular weight excluding hydrogens is 409 g/mol. The Hall–Kier alpha value is -3.62. The lowest BCUT2D eigenvalue weighted by atomic mass is 10.2. The van der Waals surface area contributed by atoms with E-state index in [1.54, 1.807) is 24.3 Å².